The molecule has 1 heteroatoms. The van der Waals surface area contributed by atoms with E-state index in [9.17, 15) is 0 Å². The lowest BCUT2D eigenvalue weighted by molar-refractivity contribution is 0.772. The van der Waals surface area contributed by atoms with E-state index >= 15 is 0 Å². The summed E-state index contributed by atoms with van der Waals surface area (Å²) in [4.78, 5) is 0. The minimum Gasteiger partial charge on any atom is -0.345 e. The SMILES string of the molecule is CCc1ccc2c(c1)cc1n2CCC1. The predicted molar refractivity (Wildman–Crippen MR) is 59.6 cm³/mol. The van der Waals surface area contributed by atoms with Crippen LogP contribution in [-0.4, -0.2) is 4.57 Å². The molecule has 3 rings (SSSR count). The molecule has 0 bridgehead atoms. The van der Waals surface area contributed by atoms with E-state index in [2.05, 4.69) is 35.8 Å². The van der Waals surface area contributed by atoms with Crippen molar-refractivity contribution in [2.24, 2.45) is 0 Å². The maximum absolute atomic E-state index is 2.47. The van der Waals surface area contributed by atoms with Crippen molar-refractivity contribution in [1.29, 1.82) is 0 Å². The molecule has 0 N–H and O–H groups in total. The molecule has 14 heavy (non-hydrogen) atoms. The average molecular weight is 185 g/mol. The van der Waals surface area contributed by atoms with Crippen LogP contribution in [0.15, 0.2) is 24.3 Å². The Labute approximate surface area is 84.4 Å². The molecule has 0 fully saturated rings. The van der Waals surface area contributed by atoms with Crippen molar-refractivity contribution < 1.29 is 0 Å². The van der Waals surface area contributed by atoms with Gasteiger partial charge in [-0.2, -0.15) is 0 Å². The number of benzene rings is 1. The Morgan fingerprint density at radius 3 is 3.07 bits per heavy atom. The quantitative estimate of drug-likeness (QED) is 0.643. The van der Waals surface area contributed by atoms with Gasteiger partial charge in [-0.25, -0.2) is 0 Å². The maximum atomic E-state index is 2.47. The van der Waals surface area contributed by atoms with Crippen LogP contribution in [0.2, 0.25) is 0 Å². The third kappa shape index (κ3) is 1.02. The standard InChI is InChI=1S/C13H15N/c1-2-10-5-6-13-11(8-10)9-12-4-3-7-14(12)13/h5-6,8-9H,2-4,7H2,1H3. The van der Waals surface area contributed by atoms with Gasteiger partial charge in [-0.15, -0.1) is 0 Å². The molecule has 0 saturated heterocycles. The van der Waals surface area contributed by atoms with E-state index in [4.69, 9.17) is 0 Å². The van der Waals surface area contributed by atoms with Gasteiger partial charge in [-0.3, -0.25) is 0 Å². The average Bonchev–Trinajstić information content (AvgIpc) is 2.75. The van der Waals surface area contributed by atoms with Crippen molar-refractivity contribution in [3.8, 4) is 0 Å². The van der Waals surface area contributed by atoms with Crippen molar-refractivity contribution in [3.63, 3.8) is 0 Å². The first-order valence-corrected chi connectivity index (χ1v) is 5.49. The molecule has 0 unspecified atom stereocenters. The highest BCUT2D eigenvalue weighted by Gasteiger charge is 2.13. The van der Waals surface area contributed by atoms with Crippen LogP contribution in [0.3, 0.4) is 0 Å². The van der Waals surface area contributed by atoms with Crippen LogP contribution >= 0.6 is 0 Å². The van der Waals surface area contributed by atoms with E-state index in [1.165, 1.54) is 41.5 Å². The minimum atomic E-state index is 1.14. The fourth-order valence-electron chi connectivity index (χ4n) is 2.49. The van der Waals surface area contributed by atoms with Crippen LogP contribution in [0.25, 0.3) is 10.9 Å². The molecule has 0 radical (unpaired) electrons. The summed E-state index contributed by atoms with van der Waals surface area (Å²) in [5, 5.41) is 1.43. The minimum absolute atomic E-state index is 1.14. The summed E-state index contributed by atoms with van der Waals surface area (Å²) in [5.74, 6) is 0. The first-order chi connectivity index (χ1) is 6.88. The Balaban J connectivity index is 2.27. The first-order valence-electron chi connectivity index (χ1n) is 5.49. The smallest absolute Gasteiger partial charge is 0.0482 e. The number of nitrogens with zero attached hydrogens (tertiary/aromatic N) is 1. The number of hydrogen-bond donors (Lipinski definition) is 0. The van der Waals surface area contributed by atoms with Crippen LogP contribution in [0.5, 0.6) is 0 Å². The van der Waals surface area contributed by atoms with Crippen LogP contribution in [0, 0.1) is 0 Å². The second-order valence-corrected chi connectivity index (χ2v) is 4.14. The molecule has 1 aliphatic heterocycles. The molecule has 0 amide bonds. The summed E-state index contributed by atoms with van der Waals surface area (Å²) in [5.41, 5.74) is 4.39. The zero-order valence-corrected chi connectivity index (χ0v) is 8.59. The van der Waals surface area contributed by atoms with Crippen molar-refractivity contribution in [1.82, 2.24) is 4.57 Å². The summed E-state index contributed by atoms with van der Waals surface area (Å²) in [6.45, 7) is 3.43. The first kappa shape index (κ1) is 8.10. The Bertz CT molecular complexity index is 479. The lowest BCUT2D eigenvalue weighted by atomic mass is 10.1. The van der Waals surface area contributed by atoms with Gasteiger partial charge >= 0.3 is 0 Å². The summed E-state index contributed by atoms with van der Waals surface area (Å²) in [6.07, 6.45) is 3.72. The largest absolute Gasteiger partial charge is 0.345 e. The fourth-order valence-corrected chi connectivity index (χ4v) is 2.49. The number of hydrogen-bond acceptors (Lipinski definition) is 0. The second-order valence-electron chi connectivity index (χ2n) is 4.14. The summed E-state index contributed by atoms with van der Waals surface area (Å²) >= 11 is 0. The van der Waals surface area contributed by atoms with Crippen molar-refractivity contribution in [2.45, 2.75) is 32.7 Å². The molecular weight excluding hydrogens is 170 g/mol. The molecule has 0 atom stereocenters. The molecular formula is C13H15N. The molecule has 1 nitrogen and oxygen atoms in total. The van der Waals surface area contributed by atoms with Gasteiger partial charge in [0.05, 0.1) is 0 Å². The summed E-state index contributed by atoms with van der Waals surface area (Å²) in [6, 6.07) is 9.24. The van der Waals surface area contributed by atoms with Gasteiger partial charge in [0.15, 0.2) is 0 Å². The number of aromatic nitrogens is 1. The van der Waals surface area contributed by atoms with E-state index in [-0.39, 0.29) is 0 Å². The Morgan fingerprint density at radius 2 is 2.21 bits per heavy atom. The molecule has 2 heterocycles. The molecule has 1 aromatic carbocycles. The fraction of sp³-hybridized carbons (Fsp3) is 0.385. The number of fused-ring (bicyclic) bond motifs is 3. The van der Waals surface area contributed by atoms with Crippen LogP contribution in [-0.2, 0) is 19.4 Å². The number of rotatable bonds is 1. The second kappa shape index (κ2) is 2.88. The van der Waals surface area contributed by atoms with E-state index in [1.807, 2.05) is 0 Å². The molecule has 0 spiro atoms. The van der Waals surface area contributed by atoms with Crippen molar-refractivity contribution >= 4 is 10.9 Å². The van der Waals surface area contributed by atoms with Gasteiger partial charge in [0.2, 0.25) is 0 Å². The predicted octanol–water partition coefficient (Wildman–Crippen LogP) is 3.15. The Kier molecular flexibility index (Phi) is 1.66. The van der Waals surface area contributed by atoms with Crippen molar-refractivity contribution in [2.75, 3.05) is 0 Å². The van der Waals surface area contributed by atoms with Gasteiger partial charge in [0.1, 0.15) is 0 Å². The normalized spacial score (nSPS) is 14.9. The van der Waals surface area contributed by atoms with Gasteiger partial charge in [0, 0.05) is 23.1 Å². The molecule has 1 aromatic heterocycles. The molecule has 0 aliphatic carbocycles. The third-order valence-corrected chi connectivity index (χ3v) is 3.27. The molecule has 2 aromatic rings. The van der Waals surface area contributed by atoms with E-state index in [0.29, 0.717) is 0 Å². The van der Waals surface area contributed by atoms with Gasteiger partial charge in [0.25, 0.3) is 0 Å². The molecule has 0 saturated carbocycles. The highest BCUT2D eigenvalue weighted by molar-refractivity contribution is 5.82. The third-order valence-electron chi connectivity index (χ3n) is 3.27. The van der Waals surface area contributed by atoms with Crippen LogP contribution in [0.1, 0.15) is 24.6 Å². The highest BCUT2D eigenvalue weighted by Crippen LogP contribution is 2.26. The Hall–Kier alpha value is -1.24. The van der Waals surface area contributed by atoms with E-state index < -0.39 is 0 Å². The number of aryl methyl sites for hydroxylation is 3. The topological polar surface area (TPSA) is 4.93 Å². The summed E-state index contributed by atoms with van der Waals surface area (Å²) < 4.78 is 2.47. The molecule has 72 valence electrons. The zero-order valence-electron chi connectivity index (χ0n) is 8.59. The lowest BCUT2D eigenvalue weighted by Crippen LogP contribution is -1.90. The Morgan fingerprint density at radius 1 is 1.29 bits per heavy atom. The zero-order chi connectivity index (χ0) is 9.54. The van der Waals surface area contributed by atoms with Gasteiger partial charge < -0.3 is 4.57 Å². The van der Waals surface area contributed by atoms with E-state index in [0.717, 1.165) is 6.42 Å². The van der Waals surface area contributed by atoms with Crippen molar-refractivity contribution in [3.05, 3.63) is 35.5 Å². The van der Waals surface area contributed by atoms with E-state index in [1.54, 1.807) is 0 Å². The highest BCUT2D eigenvalue weighted by atomic mass is 15.0. The monoisotopic (exact) mass is 185 g/mol. The van der Waals surface area contributed by atoms with Gasteiger partial charge in [-0.05, 0) is 43.0 Å². The maximum Gasteiger partial charge on any atom is 0.0482 e. The molecule has 1 aliphatic rings. The lowest BCUT2D eigenvalue weighted by Gasteiger charge is -2.01. The van der Waals surface area contributed by atoms with Gasteiger partial charge in [-0.1, -0.05) is 13.0 Å². The van der Waals surface area contributed by atoms with Crippen LogP contribution < -0.4 is 0 Å². The van der Waals surface area contributed by atoms with Crippen LogP contribution in [0.4, 0.5) is 0 Å². The summed E-state index contributed by atoms with van der Waals surface area (Å²) in [7, 11) is 0.